The molecule has 1 heterocycles. The van der Waals surface area contributed by atoms with E-state index in [1.807, 2.05) is 0 Å². The van der Waals surface area contributed by atoms with Crippen LogP contribution in [0.15, 0.2) is 45.7 Å². The van der Waals surface area contributed by atoms with Gasteiger partial charge >= 0.3 is 0 Å². The van der Waals surface area contributed by atoms with Gasteiger partial charge in [0.25, 0.3) is 5.91 Å². The lowest BCUT2D eigenvalue weighted by Gasteiger charge is -2.07. The minimum absolute atomic E-state index is 0.00694. The van der Waals surface area contributed by atoms with Gasteiger partial charge < -0.3 is 19.8 Å². The summed E-state index contributed by atoms with van der Waals surface area (Å²) >= 11 is 3.15. The standard InChI is InChI=1S/C14H13BrN2O4/c1-20-8-12(18)16-9-2-4-10(5-3-9)17-14(19)11-6-7-21-13(11)15/h2-7H,8H2,1H3,(H,16,18)(H,17,19). The molecule has 0 radical (unpaired) electrons. The maximum Gasteiger partial charge on any atom is 0.260 e. The van der Waals surface area contributed by atoms with Gasteiger partial charge in [0.15, 0.2) is 4.67 Å². The highest BCUT2D eigenvalue weighted by atomic mass is 79.9. The number of halogens is 1. The molecule has 21 heavy (non-hydrogen) atoms. The molecule has 0 aliphatic rings. The lowest BCUT2D eigenvalue weighted by Crippen LogP contribution is -2.17. The second kappa shape index (κ2) is 7.05. The summed E-state index contributed by atoms with van der Waals surface area (Å²) in [5, 5.41) is 5.39. The molecule has 0 fully saturated rings. The van der Waals surface area contributed by atoms with Crippen LogP contribution in [0.25, 0.3) is 0 Å². The van der Waals surface area contributed by atoms with Gasteiger partial charge in [-0.2, -0.15) is 0 Å². The lowest BCUT2D eigenvalue weighted by atomic mass is 10.2. The third kappa shape index (κ3) is 4.17. The molecule has 0 saturated carbocycles. The van der Waals surface area contributed by atoms with E-state index in [4.69, 9.17) is 9.15 Å². The van der Waals surface area contributed by atoms with E-state index in [1.54, 1.807) is 30.3 Å². The Hall–Kier alpha value is -2.12. The first-order chi connectivity index (χ1) is 10.1. The van der Waals surface area contributed by atoms with E-state index in [-0.39, 0.29) is 18.4 Å². The molecule has 0 bridgehead atoms. The Balaban J connectivity index is 1.98. The molecule has 2 N–H and O–H groups in total. The summed E-state index contributed by atoms with van der Waals surface area (Å²) in [6, 6.07) is 8.32. The number of ether oxygens (including phenoxy) is 1. The summed E-state index contributed by atoms with van der Waals surface area (Å²) in [6.45, 7) is -0.00694. The predicted octanol–water partition coefficient (Wildman–Crippen LogP) is 2.88. The highest BCUT2D eigenvalue weighted by molar-refractivity contribution is 9.10. The van der Waals surface area contributed by atoms with Crippen LogP contribution in [0, 0.1) is 0 Å². The van der Waals surface area contributed by atoms with Crippen molar-refractivity contribution in [2.75, 3.05) is 24.4 Å². The van der Waals surface area contributed by atoms with Crippen LogP contribution in [-0.4, -0.2) is 25.5 Å². The van der Waals surface area contributed by atoms with Gasteiger partial charge in [-0.05, 0) is 46.3 Å². The van der Waals surface area contributed by atoms with Crippen molar-refractivity contribution >= 4 is 39.1 Å². The first kappa shape index (κ1) is 15.3. The quantitative estimate of drug-likeness (QED) is 0.866. The molecule has 2 aromatic rings. The highest BCUT2D eigenvalue weighted by Crippen LogP contribution is 2.20. The molecular weight excluding hydrogens is 340 g/mol. The zero-order chi connectivity index (χ0) is 15.2. The number of carbonyl (C=O) groups is 2. The van der Waals surface area contributed by atoms with Crippen LogP contribution in [0.3, 0.4) is 0 Å². The van der Waals surface area contributed by atoms with Gasteiger partial charge in [-0.3, -0.25) is 9.59 Å². The molecule has 0 saturated heterocycles. The molecule has 0 atom stereocenters. The fraction of sp³-hybridized carbons (Fsp3) is 0.143. The van der Waals surface area contributed by atoms with Crippen molar-refractivity contribution in [3.63, 3.8) is 0 Å². The lowest BCUT2D eigenvalue weighted by molar-refractivity contribution is -0.119. The summed E-state index contributed by atoms with van der Waals surface area (Å²) < 4.78 is 10.1. The molecule has 2 amide bonds. The minimum Gasteiger partial charge on any atom is -0.457 e. The van der Waals surface area contributed by atoms with Crippen LogP contribution in [0.5, 0.6) is 0 Å². The molecule has 0 spiro atoms. The second-order valence-corrected chi connectivity index (χ2v) is 4.84. The number of rotatable bonds is 5. The molecule has 1 aromatic heterocycles. The molecule has 6 nitrogen and oxygen atoms in total. The van der Waals surface area contributed by atoms with Crippen molar-refractivity contribution in [1.82, 2.24) is 0 Å². The van der Waals surface area contributed by atoms with E-state index in [0.29, 0.717) is 21.6 Å². The summed E-state index contributed by atoms with van der Waals surface area (Å²) in [5.74, 6) is -0.525. The average molecular weight is 353 g/mol. The van der Waals surface area contributed by atoms with Gasteiger partial charge in [-0.25, -0.2) is 0 Å². The van der Waals surface area contributed by atoms with E-state index in [0.717, 1.165) is 0 Å². The SMILES string of the molecule is COCC(=O)Nc1ccc(NC(=O)c2ccoc2Br)cc1. The maximum atomic E-state index is 12.0. The number of hydrogen-bond acceptors (Lipinski definition) is 4. The Morgan fingerprint density at radius 3 is 2.29 bits per heavy atom. The summed E-state index contributed by atoms with van der Waals surface area (Å²) in [6.07, 6.45) is 1.42. The number of furan rings is 1. The smallest absolute Gasteiger partial charge is 0.260 e. The van der Waals surface area contributed by atoms with Crippen molar-refractivity contribution in [2.45, 2.75) is 0 Å². The van der Waals surface area contributed by atoms with E-state index < -0.39 is 0 Å². The zero-order valence-electron chi connectivity index (χ0n) is 11.2. The third-order valence-corrected chi connectivity index (χ3v) is 3.18. The van der Waals surface area contributed by atoms with Crippen LogP contribution in [0.4, 0.5) is 11.4 Å². The Morgan fingerprint density at radius 2 is 1.76 bits per heavy atom. The molecule has 110 valence electrons. The summed E-state index contributed by atoms with van der Waals surface area (Å²) in [7, 11) is 1.45. The molecule has 7 heteroatoms. The average Bonchev–Trinajstić information content (AvgIpc) is 2.87. The molecule has 2 rings (SSSR count). The summed E-state index contributed by atoms with van der Waals surface area (Å²) in [4.78, 5) is 23.3. The van der Waals surface area contributed by atoms with Crippen molar-refractivity contribution < 1.29 is 18.7 Å². The van der Waals surface area contributed by atoms with Crippen LogP contribution in [0.1, 0.15) is 10.4 Å². The van der Waals surface area contributed by atoms with E-state index in [9.17, 15) is 9.59 Å². The largest absolute Gasteiger partial charge is 0.457 e. The van der Waals surface area contributed by atoms with Crippen LogP contribution in [0.2, 0.25) is 0 Å². The highest BCUT2D eigenvalue weighted by Gasteiger charge is 2.12. The fourth-order valence-electron chi connectivity index (χ4n) is 1.62. The Bertz CT molecular complexity index is 637. The topological polar surface area (TPSA) is 80.6 Å². The van der Waals surface area contributed by atoms with Gasteiger partial charge in [0.1, 0.15) is 6.61 Å². The van der Waals surface area contributed by atoms with Gasteiger partial charge in [0.2, 0.25) is 5.91 Å². The number of carbonyl (C=O) groups excluding carboxylic acids is 2. The molecular formula is C14H13BrN2O4. The zero-order valence-corrected chi connectivity index (χ0v) is 12.8. The van der Waals surface area contributed by atoms with E-state index in [1.165, 1.54) is 13.4 Å². The monoisotopic (exact) mass is 352 g/mol. The second-order valence-electron chi connectivity index (χ2n) is 4.12. The molecule has 0 aliphatic heterocycles. The number of methoxy groups -OCH3 is 1. The van der Waals surface area contributed by atoms with Gasteiger partial charge in [-0.1, -0.05) is 0 Å². The predicted molar refractivity (Wildman–Crippen MR) is 81.3 cm³/mol. The Labute approximate surface area is 129 Å². The summed E-state index contributed by atoms with van der Waals surface area (Å²) in [5.41, 5.74) is 1.64. The molecule has 1 aromatic carbocycles. The maximum absolute atomic E-state index is 12.0. The fourth-order valence-corrected chi connectivity index (χ4v) is 2.04. The van der Waals surface area contributed by atoms with Crippen LogP contribution >= 0.6 is 15.9 Å². The van der Waals surface area contributed by atoms with Crippen LogP contribution in [-0.2, 0) is 9.53 Å². The molecule has 0 aliphatic carbocycles. The van der Waals surface area contributed by atoms with E-state index >= 15 is 0 Å². The number of anilines is 2. The van der Waals surface area contributed by atoms with Crippen molar-refractivity contribution in [3.8, 4) is 0 Å². The van der Waals surface area contributed by atoms with Crippen molar-refractivity contribution in [2.24, 2.45) is 0 Å². The Kier molecular flexibility index (Phi) is 5.13. The number of benzene rings is 1. The first-order valence-electron chi connectivity index (χ1n) is 6.03. The third-order valence-electron chi connectivity index (χ3n) is 2.56. The normalized spacial score (nSPS) is 10.2. The minimum atomic E-state index is -0.285. The van der Waals surface area contributed by atoms with Gasteiger partial charge in [-0.15, -0.1) is 0 Å². The van der Waals surface area contributed by atoms with Crippen LogP contribution < -0.4 is 10.6 Å². The van der Waals surface area contributed by atoms with E-state index in [2.05, 4.69) is 26.6 Å². The number of nitrogens with one attached hydrogen (secondary N) is 2. The number of hydrogen-bond donors (Lipinski definition) is 2. The van der Waals surface area contributed by atoms with Gasteiger partial charge in [0, 0.05) is 18.5 Å². The molecule has 0 unspecified atom stereocenters. The Morgan fingerprint density at radius 1 is 1.14 bits per heavy atom. The van der Waals surface area contributed by atoms with Crippen molar-refractivity contribution in [1.29, 1.82) is 0 Å². The number of amides is 2. The first-order valence-corrected chi connectivity index (χ1v) is 6.82. The van der Waals surface area contributed by atoms with Gasteiger partial charge in [0.05, 0.1) is 11.8 Å². The van der Waals surface area contributed by atoms with Crippen molar-refractivity contribution in [3.05, 3.63) is 46.8 Å².